The Labute approximate surface area is 223 Å². The molecule has 0 radical (unpaired) electrons. The van der Waals surface area contributed by atoms with E-state index in [2.05, 4.69) is 15.3 Å². The monoisotopic (exact) mass is 526 g/mol. The maximum atomic E-state index is 13.6. The Morgan fingerprint density at radius 2 is 1.84 bits per heavy atom. The Bertz CT molecular complexity index is 1650. The van der Waals surface area contributed by atoms with Crippen LogP contribution in [-0.4, -0.2) is 56.8 Å². The first-order chi connectivity index (χ1) is 18.5. The minimum atomic E-state index is -0.529. The zero-order valence-corrected chi connectivity index (χ0v) is 21.1. The highest BCUT2D eigenvalue weighted by Crippen LogP contribution is 2.40. The predicted octanol–water partition coefficient (Wildman–Crippen LogP) is 3.12. The molecule has 0 aliphatic carbocycles. The van der Waals surface area contributed by atoms with Crippen molar-refractivity contribution in [2.75, 3.05) is 18.0 Å². The second-order valence-corrected chi connectivity index (χ2v) is 10.2. The van der Waals surface area contributed by atoms with Crippen LogP contribution in [0, 0.1) is 0 Å². The van der Waals surface area contributed by atoms with Gasteiger partial charge in [-0.25, -0.2) is 4.98 Å². The van der Waals surface area contributed by atoms with Gasteiger partial charge in [-0.15, -0.1) is 0 Å². The van der Waals surface area contributed by atoms with Crippen LogP contribution in [-0.2, 0) is 20.8 Å². The molecular formula is C28H23ClN6O3. The van der Waals surface area contributed by atoms with Crippen molar-refractivity contribution in [3.63, 3.8) is 0 Å². The molecule has 9 nitrogen and oxygen atoms in total. The third kappa shape index (κ3) is 3.35. The molecule has 4 aliphatic heterocycles. The molecule has 4 aliphatic rings. The molecule has 0 bridgehead atoms. The third-order valence-electron chi connectivity index (χ3n) is 7.68. The molecular weight excluding hydrogens is 504 g/mol. The lowest BCUT2D eigenvalue weighted by molar-refractivity contribution is -0.133. The molecule has 38 heavy (non-hydrogen) atoms. The van der Waals surface area contributed by atoms with E-state index < -0.39 is 11.8 Å². The second-order valence-electron chi connectivity index (χ2n) is 9.83. The molecule has 2 aromatic heterocycles. The van der Waals surface area contributed by atoms with Crippen molar-refractivity contribution in [3.8, 4) is 0 Å². The summed E-state index contributed by atoms with van der Waals surface area (Å²) in [5.41, 5.74) is 4.20. The minimum Gasteiger partial charge on any atom is -0.341 e. The van der Waals surface area contributed by atoms with Gasteiger partial charge in [-0.1, -0.05) is 29.8 Å². The molecule has 1 fully saturated rings. The van der Waals surface area contributed by atoms with Crippen LogP contribution in [0.15, 0.2) is 65.7 Å². The van der Waals surface area contributed by atoms with E-state index in [-0.39, 0.29) is 23.1 Å². The van der Waals surface area contributed by atoms with Gasteiger partial charge in [-0.2, -0.15) is 0 Å². The molecule has 1 aromatic carbocycles. The quantitative estimate of drug-likeness (QED) is 0.529. The molecule has 0 spiro atoms. The first kappa shape index (κ1) is 22.9. The summed E-state index contributed by atoms with van der Waals surface area (Å²) in [6.07, 6.45) is 10.5. The van der Waals surface area contributed by atoms with Crippen molar-refractivity contribution in [2.24, 2.45) is 4.99 Å². The highest BCUT2D eigenvalue weighted by molar-refractivity contribution is 6.47. The highest BCUT2D eigenvalue weighted by Gasteiger charge is 2.42. The van der Waals surface area contributed by atoms with Crippen LogP contribution in [0.25, 0.3) is 11.2 Å². The average molecular weight is 527 g/mol. The molecule has 1 N–H and O–H groups in total. The lowest BCUT2D eigenvalue weighted by Gasteiger charge is -2.32. The van der Waals surface area contributed by atoms with Crippen molar-refractivity contribution >= 4 is 51.9 Å². The van der Waals surface area contributed by atoms with Crippen LogP contribution in [0.4, 0.5) is 5.69 Å². The van der Waals surface area contributed by atoms with Gasteiger partial charge in [0.25, 0.3) is 11.8 Å². The molecule has 1 saturated heterocycles. The number of para-hydroxylation sites is 1. The van der Waals surface area contributed by atoms with Gasteiger partial charge in [0.1, 0.15) is 6.04 Å². The van der Waals surface area contributed by atoms with Crippen LogP contribution >= 0.6 is 11.6 Å². The van der Waals surface area contributed by atoms with Gasteiger partial charge in [0.05, 0.1) is 39.5 Å². The smallest absolute Gasteiger partial charge is 0.261 e. The maximum Gasteiger partial charge on any atom is 0.261 e. The number of aliphatic imine (C=N–C) groups is 1. The SMILES string of the molecule is O=C1NC(=O)C(c2cnc3c(Cl)cccn23)=C1C1=NC=CN2c3c(cccc31)CC2C(=O)N1CCCCC1. The van der Waals surface area contributed by atoms with E-state index >= 15 is 0 Å². The topological polar surface area (TPSA) is 99.4 Å². The number of benzene rings is 1. The maximum absolute atomic E-state index is 13.6. The number of piperidine rings is 1. The van der Waals surface area contributed by atoms with Crippen LogP contribution in [0.1, 0.15) is 36.1 Å². The van der Waals surface area contributed by atoms with Crippen molar-refractivity contribution in [1.82, 2.24) is 19.6 Å². The zero-order valence-electron chi connectivity index (χ0n) is 20.4. The number of carbonyl (C=O) groups is 3. The van der Waals surface area contributed by atoms with E-state index in [1.165, 1.54) is 6.20 Å². The number of aromatic nitrogens is 2. The van der Waals surface area contributed by atoms with Crippen molar-refractivity contribution in [1.29, 1.82) is 0 Å². The molecule has 0 saturated carbocycles. The fraction of sp³-hybridized carbons (Fsp3) is 0.250. The summed E-state index contributed by atoms with van der Waals surface area (Å²) < 4.78 is 1.69. The van der Waals surface area contributed by atoms with E-state index in [1.54, 1.807) is 35.1 Å². The van der Waals surface area contributed by atoms with Gasteiger partial charge < -0.3 is 9.80 Å². The summed E-state index contributed by atoms with van der Waals surface area (Å²) in [7, 11) is 0. The highest BCUT2D eigenvalue weighted by atomic mass is 35.5. The first-order valence-corrected chi connectivity index (χ1v) is 13.1. The van der Waals surface area contributed by atoms with Gasteiger partial charge in [0.2, 0.25) is 5.91 Å². The van der Waals surface area contributed by atoms with E-state index in [1.807, 2.05) is 28.0 Å². The number of halogens is 1. The van der Waals surface area contributed by atoms with Crippen LogP contribution in [0.3, 0.4) is 0 Å². The number of hydrogen-bond donors (Lipinski definition) is 1. The number of carbonyl (C=O) groups excluding carboxylic acids is 3. The normalized spacial score (nSPS) is 20.7. The van der Waals surface area contributed by atoms with Crippen LogP contribution in [0.2, 0.25) is 5.02 Å². The fourth-order valence-corrected chi connectivity index (χ4v) is 6.17. The largest absolute Gasteiger partial charge is 0.341 e. The Morgan fingerprint density at radius 3 is 2.68 bits per heavy atom. The standard InChI is InChI=1S/C28H23ClN6O3/c29-18-8-5-12-35-20(15-31-25(18)35)21-22(27(37)32-26(21)36)23-17-7-4-6-16-14-19(34(24(16)17)13-9-30-23)28(38)33-10-2-1-3-11-33/h4-9,12-13,15,19H,1-3,10-11,14H2,(H,32,36,37). The van der Waals surface area contributed by atoms with E-state index in [0.717, 1.165) is 43.6 Å². The summed E-state index contributed by atoms with van der Waals surface area (Å²) in [4.78, 5) is 52.9. The molecule has 6 heterocycles. The van der Waals surface area contributed by atoms with Gasteiger partial charge in [0, 0.05) is 43.7 Å². The number of pyridine rings is 1. The average Bonchev–Trinajstić information content (AvgIpc) is 3.56. The molecule has 10 heteroatoms. The van der Waals surface area contributed by atoms with Crippen molar-refractivity contribution in [2.45, 2.75) is 31.7 Å². The number of amides is 3. The van der Waals surface area contributed by atoms with Crippen LogP contribution < -0.4 is 10.2 Å². The summed E-state index contributed by atoms with van der Waals surface area (Å²) >= 11 is 6.32. The lowest BCUT2D eigenvalue weighted by atomic mass is 9.94. The van der Waals surface area contributed by atoms with E-state index in [0.29, 0.717) is 34.1 Å². The molecule has 190 valence electrons. The summed E-state index contributed by atoms with van der Waals surface area (Å²) in [5, 5.41) is 2.87. The number of fused-ring (bicyclic) bond motifs is 1. The van der Waals surface area contributed by atoms with Gasteiger partial charge >= 0.3 is 0 Å². The minimum absolute atomic E-state index is 0.108. The molecule has 3 aromatic rings. The number of likely N-dealkylation sites (tertiary alicyclic amines) is 1. The molecule has 3 amide bonds. The Kier molecular flexibility index (Phi) is 5.23. The van der Waals surface area contributed by atoms with Crippen molar-refractivity contribution < 1.29 is 14.4 Å². The van der Waals surface area contributed by atoms with Gasteiger partial charge in [-0.05, 0) is 37.0 Å². The number of hydrogen-bond acceptors (Lipinski definition) is 6. The number of nitrogens with zero attached hydrogens (tertiary/aromatic N) is 5. The molecule has 1 unspecified atom stereocenters. The zero-order chi connectivity index (χ0) is 26.0. The molecule has 1 atom stereocenters. The number of rotatable bonds is 3. The van der Waals surface area contributed by atoms with Crippen LogP contribution in [0.5, 0.6) is 0 Å². The number of anilines is 1. The number of nitrogens with one attached hydrogen (secondary N) is 1. The lowest BCUT2D eigenvalue weighted by Crippen LogP contribution is -2.47. The van der Waals surface area contributed by atoms with E-state index in [4.69, 9.17) is 11.6 Å². The Morgan fingerprint density at radius 1 is 1.03 bits per heavy atom. The van der Waals surface area contributed by atoms with Gasteiger partial charge in [0.15, 0.2) is 5.65 Å². The first-order valence-electron chi connectivity index (χ1n) is 12.7. The third-order valence-corrected chi connectivity index (χ3v) is 7.97. The molecule has 7 rings (SSSR count). The van der Waals surface area contributed by atoms with Crippen molar-refractivity contribution in [3.05, 3.63) is 82.5 Å². The summed E-state index contributed by atoms with van der Waals surface area (Å²) in [6, 6.07) is 8.90. The Hall–Kier alpha value is -4.24. The Balaban J connectivity index is 1.36. The summed E-state index contributed by atoms with van der Waals surface area (Å²) in [6.45, 7) is 1.55. The number of imide groups is 1. The number of imidazole rings is 1. The van der Waals surface area contributed by atoms with E-state index in [9.17, 15) is 14.4 Å². The van der Waals surface area contributed by atoms with Gasteiger partial charge in [-0.3, -0.25) is 29.1 Å². The fourth-order valence-electron chi connectivity index (χ4n) is 5.96. The predicted molar refractivity (Wildman–Crippen MR) is 143 cm³/mol. The summed E-state index contributed by atoms with van der Waals surface area (Å²) in [5.74, 6) is -0.944. The second kappa shape index (κ2) is 8.66.